The molecule has 2 aromatic rings. The van der Waals surface area contributed by atoms with E-state index in [0.717, 1.165) is 30.8 Å². The van der Waals surface area contributed by atoms with Crippen molar-refractivity contribution >= 4 is 29.9 Å². The van der Waals surface area contributed by atoms with Crippen molar-refractivity contribution in [3.8, 4) is 0 Å². The van der Waals surface area contributed by atoms with Crippen LogP contribution in [0.15, 0.2) is 48.5 Å². The third-order valence-corrected chi connectivity index (χ3v) is 5.97. The average Bonchev–Trinajstić information content (AvgIpc) is 2.67. The molecule has 1 fully saturated rings. The van der Waals surface area contributed by atoms with E-state index in [1.807, 2.05) is 18.2 Å². The highest BCUT2D eigenvalue weighted by atomic mass is 35.5. The first kappa shape index (κ1) is 20.2. The molecule has 1 N–H and O–H groups in total. The molecule has 5 heteroatoms. The predicted octanol–water partition coefficient (Wildman–Crippen LogP) is 4.78. The highest BCUT2D eigenvalue weighted by molar-refractivity contribution is 6.30. The number of benzene rings is 2. The lowest BCUT2D eigenvalue weighted by Gasteiger charge is -2.40. The maximum absolute atomic E-state index is 13.4. The Kier molecular flexibility index (Phi) is 6.46. The van der Waals surface area contributed by atoms with Crippen molar-refractivity contribution in [2.45, 2.75) is 44.8 Å². The molecule has 0 spiro atoms. The zero-order valence-corrected chi connectivity index (χ0v) is 17.1. The van der Waals surface area contributed by atoms with Crippen molar-refractivity contribution in [2.75, 3.05) is 6.54 Å². The van der Waals surface area contributed by atoms with Crippen LogP contribution in [0.2, 0.25) is 5.02 Å². The van der Waals surface area contributed by atoms with Crippen LogP contribution in [0.5, 0.6) is 0 Å². The quantitative estimate of drug-likeness (QED) is 0.780. The number of hydrogen-bond acceptors (Lipinski definition) is 2. The van der Waals surface area contributed by atoms with Crippen LogP contribution in [-0.4, -0.2) is 23.4 Å². The van der Waals surface area contributed by atoms with Crippen LogP contribution in [0, 0.1) is 5.92 Å². The number of amides is 1. The Balaban J connectivity index is 0.00000210. The second kappa shape index (κ2) is 8.64. The Morgan fingerprint density at radius 3 is 2.67 bits per heavy atom. The van der Waals surface area contributed by atoms with Gasteiger partial charge in [-0.25, -0.2) is 0 Å². The molecule has 1 saturated heterocycles. The molecule has 3 atom stereocenters. The van der Waals surface area contributed by atoms with Crippen LogP contribution in [-0.2, 0) is 17.8 Å². The minimum atomic E-state index is 0. The van der Waals surface area contributed by atoms with Crippen LogP contribution in [0.4, 0.5) is 0 Å². The Labute approximate surface area is 172 Å². The second-order valence-corrected chi connectivity index (χ2v) is 8.02. The summed E-state index contributed by atoms with van der Waals surface area (Å²) in [6.45, 7) is 3.73. The van der Waals surface area contributed by atoms with E-state index in [4.69, 9.17) is 11.6 Å². The van der Waals surface area contributed by atoms with Gasteiger partial charge in [0.15, 0.2) is 0 Å². The van der Waals surface area contributed by atoms with Crippen molar-refractivity contribution in [1.82, 2.24) is 10.2 Å². The van der Waals surface area contributed by atoms with E-state index in [0.29, 0.717) is 12.6 Å². The Bertz CT molecular complexity index is 796. The fraction of sp³-hybridized carbons (Fsp3) is 0.409. The van der Waals surface area contributed by atoms with Gasteiger partial charge in [-0.05, 0) is 61.6 Å². The van der Waals surface area contributed by atoms with Gasteiger partial charge < -0.3 is 10.2 Å². The molecular weight excluding hydrogens is 379 g/mol. The maximum Gasteiger partial charge on any atom is 0.226 e. The van der Waals surface area contributed by atoms with E-state index < -0.39 is 0 Å². The minimum absolute atomic E-state index is 0. The van der Waals surface area contributed by atoms with Gasteiger partial charge in [-0.3, -0.25) is 4.79 Å². The van der Waals surface area contributed by atoms with Crippen molar-refractivity contribution in [1.29, 1.82) is 0 Å². The summed E-state index contributed by atoms with van der Waals surface area (Å²) in [5, 5.41) is 4.19. The average molecular weight is 405 g/mol. The third kappa shape index (κ3) is 4.31. The van der Waals surface area contributed by atoms with Gasteiger partial charge in [-0.1, -0.05) is 48.0 Å². The molecule has 0 radical (unpaired) electrons. The number of halogens is 2. The number of rotatable bonds is 2. The maximum atomic E-state index is 13.4. The van der Waals surface area contributed by atoms with Gasteiger partial charge in [0.1, 0.15) is 0 Å². The number of piperidine rings is 1. The first-order chi connectivity index (χ1) is 12.6. The van der Waals surface area contributed by atoms with Crippen molar-refractivity contribution in [3.05, 3.63) is 70.2 Å². The van der Waals surface area contributed by atoms with Crippen LogP contribution >= 0.6 is 24.0 Å². The molecule has 0 saturated carbocycles. The van der Waals surface area contributed by atoms with E-state index in [2.05, 4.69) is 47.5 Å². The summed E-state index contributed by atoms with van der Waals surface area (Å²) in [4.78, 5) is 15.5. The summed E-state index contributed by atoms with van der Waals surface area (Å²) in [5.74, 6) is 0.399. The normalized spacial score (nSPS) is 24.7. The molecule has 27 heavy (non-hydrogen) atoms. The summed E-state index contributed by atoms with van der Waals surface area (Å²) in [7, 11) is 0. The van der Waals surface area contributed by atoms with Gasteiger partial charge in [-0.2, -0.15) is 0 Å². The SMILES string of the molecule is C[C@H]1C[C@@H](C(=O)N2Cc3cc(Cl)ccc3CC2c2ccccc2)CCN1.Cl. The number of carbonyl (C=O) groups is 1. The first-order valence-corrected chi connectivity index (χ1v) is 9.85. The van der Waals surface area contributed by atoms with E-state index in [-0.39, 0.29) is 30.3 Å². The monoisotopic (exact) mass is 404 g/mol. The van der Waals surface area contributed by atoms with Crippen LogP contribution in [0.1, 0.15) is 42.5 Å². The van der Waals surface area contributed by atoms with Crippen molar-refractivity contribution in [3.63, 3.8) is 0 Å². The summed E-state index contributed by atoms with van der Waals surface area (Å²) in [5.41, 5.74) is 3.69. The molecule has 2 aliphatic rings. The molecule has 144 valence electrons. The van der Waals surface area contributed by atoms with Gasteiger partial charge >= 0.3 is 0 Å². The van der Waals surface area contributed by atoms with Crippen LogP contribution in [0.25, 0.3) is 0 Å². The largest absolute Gasteiger partial charge is 0.331 e. The second-order valence-electron chi connectivity index (χ2n) is 7.59. The molecule has 0 aliphatic carbocycles. The highest BCUT2D eigenvalue weighted by Crippen LogP contribution is 2.36. The third-order valence-electron chi connectivity index (χ3n) is 5.74. The standard InChI is InChI=1S/C22H25ClN2O.ClH/c1-15-11-18(9-10-24-15)22(26)25-14-19-12-20(23)8-7-17(19)13-21(25)16-5-3-2-4-6-16;/h2-8,12,15,18,21,24H,9-11,13-14H2,1H3;1H/t15-,18-,21?;/m0./s1. The molecule has 0 bridgehead atoms. The Hall–Kier alpha value is -1.55. The number of nitrogens with zero attached hydrogens (tertiary/aromatic N) is 1. The number of nitrogens with one attached hydrogen (secondary N) is 1. The smallest absolute Gasteiger partial charge is 0.226 e. The molecule has 2 heterocycles. The lowest BCUT2D eigenvalue weighted by atomic mass is 9.86. The Morgan fingerprint density at radius 2 is 1.93 bits per heavy atom. The summed E-state index contributed by atoms with van der Waals surface area (Å²) >= 11 is 6.21. The Morgan fingerprint density at radius 1 is 1.15 bits per heavy atom. The number of fused-ring (bicyclic) bond motifs is 1. The van der Waals surface area contributed by atoms with Gasteiger partial charge in [0.2, 0.25) is 5.91 Å². The molecular formula is C22H26Cl2N2O. The highest BCUT2D eigenvalue weighted by Gasteiger charge is 2.35. The van der Waals surface area contributed by atoms with Crippen molar-refractivity contribution in [2.24, 2.45) is 5.92 Å². The summed E-state index contributed by atoms with van der Waals surface area (Å²) in [6, 6.07) is 17.0. The lowest BCUT2D eigenvalue weighted by Crippen LogP contribution is -2.46. The fourth-order valence-corrected chi connectivity index (χ4v) is 4.54. The number of carbonyl (C=O) groups excluding carboxylic acids is 1. The molecule has 2 aromatic carbocycles. The summed E-state index contributed by atoms with van der Waals surface area (Å²) < 4.78 is 0. The zero-order chi connectivity index (χ0) is 18.1. The predicted molar refractivity (Wildman–Crippen MR) is 112 cm³/mol. The first-order valence-electron chi connectivity index (χ1n) is 9.48. The van der Waals surface area contributed by atoms with Gasteiger partial charge in [0.05, 0.1) is 6.04 Å². The molecule has 1 unspecified atom stereocenters. The molecule has 2 aliphatic heterocycles. The molecule has 3 nitrogen and oxygen atoms in total. The molecule has 1 amide bonds. The molecule has 4 rings (SSSR count). The van der Waals surface area contributed by atoms with E-state index >= 15 is 0 Å². The van der Waals surface area contributed by atoms with Gasteiger partial charge in [-0.15, -0.1) is 12.4 Å². The number of hydrogen-bond donors (Lipinski definition) is 1. The summed E-state index contributed by atoms with van der Waals surface area (Å²) in [6.07, 6.45) is 2.69. The topological polar surface area (TPSA) is 32.3 Å². The van der Waals surface area contributed by atoms with Gasteiger partial charge in [0, 0.05) is 23.5 Å². The van der Waals surface area contributed by atoms with Gasteiger partial charge in [0.25, 0.3) is 0 Å². The van der Waals surface area contributed by atoms with E-state index in [9.17, 15) is 4.79 Å². The minimum Gasteiger partial charge on any atom is -0.331 e. The fourth-order valence-electron chi connectivity index (χ4n) is 4.35. The van der Waals surface area contributed by atoms with E-state index in [1.54, 1.807) is 0 Å². The van der Waals surface area contributed by atoms with E-state index in [1.165, 1.54) is 16.7 Å². The van der Waals surface area contributed by atoms with Crippen molar-refractivity contribution < 1.29 is 4.79 Å². The van der Waals surface area contributed by atoms with Crippen LogP contribution < -0.4 is 5.32 Å². The zero-order valence-electron chi connectivity index (χ0n) is 15.5. The molecule has 0 aromatic heterocycles. The van der Waals surface area contributed by atoms with Crippen LogP contribution in [0.3, 0.4) is 0 Å². The lowest BCUT2D eigenvalue weighted by molar-refractivity contribution is -0.140.